The molecular weight excluding hydrogens is 400 g/mol. The number of thioether (sulfide) groups is 1. The Morgan fingerprint density at radius 1 is 1.23 bits per heavy atom. The van der Waals surface area contributed by atoms with E-state index in [4.69, 9.17) is 27.9 Å². The summed E-state index contributed by atoms with van der Waals surface area (Å²) in [6, 6.07) is 9.32. The fraction of sp³-hybridized carbons (Fsp3) is 0.118. The lowest BCUT2D eigenvalue weighted by Crippen LogP contribution is -2.02. The molecule has 5 nitrogen and oxygen atoms in total. The predicted octanol–water partition coefficient (Wildman–Crippen LogP) is 4.90. The number of Topliss-reactive ketones (excluding diaryl/α,β-unsaturated/α-hetero) is 1. The Hall–Kier alpha value is -2.09. The highest BCUT2D eigenvalue weighted by molar-refractivity contribution is 7.99. The molecule has 26 heavy (non-hydrogen) atoms. The molecule has 0 radical (unpaired) electrons. The van der Waals surface area contributed by atoms with Crippen molar-refractivity contribution < 1.29 is 13.9 Å². The van der Waals surface area contributed by atoms with E-state index in [2.05, 4.69) is 15.2 Å². The number of ketones is 1. The number of benzene rings is 2. The standard InChI is InChI=1S/C17H12Cl2FN3O2S/c1-25-10-4-2-9(3-5-10)15(24)8-26-17-21-16(22-23-17)11-6-14(20)13(19)7-12(11)18/h2-7H,8H2,1H3,(H,21,22,23). The molecule has 0 aliphatic carbocycles. The number of carbonyl (C=O) groups is 1. The number of carbonyl (C=O) groups excluding carboxylic acids is 1. The number of nitrogens with one attached hydrogen (secondary N) is 1. The summed E-state index contributed by atoms with van der Waals surface area (Å²) < 4.78 is 18.7. The molecule has 1 aromatic heterocycles. The van der Waals surface area contributed by atoms with Crippen LogP contribution in [0.2, 0.25) is 10.0 Å². The van der Waals surface area contributed by atoms with Crippen molar-refractivity contribution in [3.63, 3.8) is 0 Å². The number of methoxy groups -OCH3 is 1. The summed E-state index contributed by atoms with van der Waals surface area (Å²) in [5.74, 6) is 0.461. The van der Waals surface area contributed by atoms with E-state index < -0.39 is 5.82 Å². The van der Waals surface area contributed by atoms with E-state index in [1.807, 2.05) is 0 Å². The molecule has 3 aromatic rings. The first kappa shape index (κ1) is 18.7. The molecule has 1 N–H and O–H groups in total. The number of hydrogen-bond acceptors (Lipinski definition) is 5. The van der Waals surface area contributed by atoms with Crippen LogP contribution in [-0.4, -0.2) is 33.8 Å². The Labute approximate surface area is 162 Å². The van der Waals surface area contributed by atoms with Crippen molar-refractivity contribution in [2.45, 2.75) is 5.16 Å². The lowest BCUT2D eigenvalue weighted by molar-refractivity contribution is 0.102. The van der Waals surface area contributed by atoms with Crippen molar-refractivity contribution in [3.05, 3.63) is 57.8 Å². The smallest absolute Gasteiger partial charge is 0.209 e. The van der Waals surface area contributed by atoms with E-state index in [1.54, 1.807) is 31.4 Å². The van der Waals surface area contributed by atoms with E-state index in [-0.39, 0.29) is 21.6 Å². The summed E-state index contributed by atoms with van der Waals surface area (Å²) in [6.07, 6.45) is 0. The third-order valence-electron chi connectivity index (χ3n) is 3.47. The predicted molar refractivity (Wildman–Crippen MR) is 99.8 cm³/mol. The summed E-state index contributed by atoms with van der Waals surface area (Å²) in [5, 5.41) is 7.24. The highest BCUT2D eigenvalue weighted by Gasteiger charge is 2.14. The largest absolute Gasteiger partial charge is 0.497 e. The molecule has 0 atom stereocenters. The highest BCUT2D eigenvalue weighted by atomic mass is 35.5. The first-order chi connectivity index (χ1) is 12.5. The summed E-state index contributed by atoms with van der Waals surface area (Å²) in [7, 11) is 1.56. The van der Waals surface area contributed by atoms with Crippen molar-refractivity contribution >= 4 is 40.7 Å². The van der Waals surface area contributed by atoms with Gasteiger partial charge in [0.05, 0.1) is 22.9 Å². The minimum absolute atomic E-state index is 0.0698. The number of rotatable bonds is 6. The molecule has 134 valence electrons. The van der Waals surface area contributed by atoms with Crippen LogP contribution in [0.5, 0.6) is 5.75 Å². The second-order valence-corrected chi connectivity index (χ2v) is 6.91. The molecule has 0 unspecified atom stereocenters. The molecule has 0 saturated carbocycles. The Morgan fingerprint density at radius 2 is 1.96 bits per heavy atom. The number of aromatic nitrogens is 3. The number of halogens is 3. The van der Waals surface area contributed by atoms with Gasteiger partial charge >= 0.3 is 0 Å². The first-order valence-electron chi connectivity index (χ1n) is 7.35. The van der Waals surface area contributed by atoms with E-state index in [9.17, 15) is 9.18 Å². The van der Waals surface area contributed by atoms with Gasteiger partial charge in [-0.05, 0) is 36.4 Å². The number of hydrogen-bond donors (Lipinski definition) is 1. The maximum atomic E-state index is 13.6. The zero-order valence-corrected chi connectivity index (χ0v) is 15.8. The molecule has 0 saturated heterocycles. The average Bonchev–Trinajstić information content (AvgIpc) is 3.11. The van der Waals surface area contributed by atoms with Crippen LogP contribution in [0.1, 0.15) is 10.4 Å². The second-order valence-electron chi connectivity index (χ2n) is 5.15. The van der Waals surface area contributed by atoms with Crippen molar-refractivity contribution in [2.24, 2.45) is 0 Å². The lowest BCUT2D eigenvalue weighted by atomic mass is 10.1. The van der Waals surface area contributed by atoms with E-state index in [0.717, 1.165) is 11.8 Å². The number of ether oxygens (including phenoxy) is 1. The molecule has 3 rings (SSSR count). The van der Waals surface area contributed by atoms with Gasteiger partial charge in [-0.25, -0.2) is 9.37 Å². The number of nitrogens with zero attached hydrogens (tertiary/aromatic N) is 2. The van der Waals surface area contributed by atoms with Gasteiger partial charge in [-0.15, -0.1) is 5.10 Å². The SMILES string of the molecule is COc1ccc(C(=O)CSc2n[nH]c(-c3cc(F)c(Cl)cc3Cl)n2)cc1. The number of H-pyrrole nitrogens is 1. The molecule has 0 aliphatic rings. The Morgan fingerprint density at radius 3 is 2.65 bits per heavy atom. The van der Waals surface area contributed by atoms with Crippen molar-refractivity contribution in [3.8, 4) is 17.1 Å². The van der Waals surface area contributed by atoms with E-state index >= 15 is 0 Å². The Kier molecular flexibility index (Phi) is 5.80. The van der Waals surface area contributed by atoms with Crippen LogP contribution in [0.3, 0.4) is 0 Å². The van der Waals surface area contributed by atoms with E-state index in [0.29, 0.717) is 27.9 Å². The quantitative estimate of drug-likeness (QED) is 0.354. The third kappa shape index (κ3) is 4.17. The van der Waals surface area contributed by atoms with Crippen LogP contribution in [0, 0.1) is 5.82 Å². The zero-order chi connectivity index (χ0) is 18.7. The molecule has 0 aliphatic heterocycles. The summed E-state index contributed by atoms with van der Waals surface area (Å²) in [5.41, 5.74) is 0.909. The minimum Gasteiger partial charge on any atom is -0.497 e. The molecule has 0 amide bonds. The number of aromatic amines is 1. The normalized spacial score (nSPS) is 10.8. The van der Waals surface area contributed by atoms with Crippen LogP contribution in [-0.2, 0) is 0 Å². The van der Waals surface area contributed by atoms with Gasteiger partial charge in [-0.3, -0.25) is 9.89 Å². The van der Waals surface area contributed by atoms with E-state index in [1.165, 1.54) is 12.1 Å². The second kappa shape index (κ2) is 8.07. The average molecular weight is 412 g/mol. The van der Waals surface area contributed by atoms with Crippen LogP contribution in [0.15, 0.2) is 41.6 Å². The van der Waals surface area contributed by atoms with Gasteiger partial charge in [0.1, 0.15) is 11.6 Å². The van der Waals surface area contributed by atoms with Crippen LogP contribution < -0.4 is 4.74 Å². The van der Waals surface area contributed by atoms with Gasteiger partial charge < -0.3 is 4.74 Å². The summed E-state index contributed by atoms with van der Waals surface area (Å²) in [6.45, 7) is 0. The molecule has 0 fully saturated rings. The van der Waals surface area contributed by atoms with Crippen LogP contribution in [0.25, 0.3) is 11.4 Å². The maximum absolute atomic E-state index is 13.6. The summed E-state index contributed by atoms with van der Waals surface area (Å²) >= 11 is 12.9. The van der Waals surface area contributed by atoms with Crippen molar-refractivity contribution in [1.29, 1.82) is 0 Å². The lowest BCUT2D eigenvalue weighted by Gasteiger charge is -2.02. The Balaban J connectivity index is 1.68. The fourth-order valence-electron chi connectivity index (χ4n) is 2.13. The monoisotopic (exact) mass is 411 g/mol. The zero-order valence-electron chi connectivity index (χ0n) is 13.4. The van der Waals surface area contributed by atoms with Gasteiger partial charge in [-0.1, -0.05) is 35.0 Å². The highest BCUT2D eigenvalue weighted by Crippen LogP contribution is 2.31. The topological polar surface area (TPSA) is 67.9 Å². The van der Waals surface area contributed by atoms with Gasteiger partial charge in [0, 0.05) is 11.1 Å². The van der Waals surface area contributed by atoms with Crippen LogP contribution >= 0.6 is 35.0 Å². The minimum atomic E-state index is -0.605. The molecule has 1 heterocycles. The molecule has 0 spiro atoms. The van der Waals surface area contributed by atoms with Crippen molar-refractivity contribution in [1.82, 2.24) is 15.2 Å². The summed E-state index contributed by atoms with van der Waals surface area (Å²) in [4.78, 5) is 16.5. The molecule has 0 bridgehead atoms. The van der Waals surface area contributed by atoms with Gasteiger partial charge in [-0.2, -0.15) is 0 Å². The van der Waals surface area contributed by atoms with Crippen LogP contribution in [0.4, 0.5) is 4.39 Å². The van der Waals surface area contributed by atoms with Gasteiger partial charge in [0.2, 0.25) is 5.16 Å². The third-order valence-corrected chi connectivity index (χ3v) is 4.92. The van der Waals surface area contributed by atoms with Gasteiger partial charge in [0.25, 0.3) is 0 Å². The molecular formula is C17H12Cl2FN3O2S. The molecule has 9 heteroatoms. The fourth-order valence-corrected chi connectivity index (χ4v) is 3.29. The maximum Gasteiger partial charge on any atom is 0.209 e. The van der Waals surface area contributed by atoms with Crippen molar-refractivity contribution in [2.75, 3.05) is 12.9 Å². The first-order valence-corrected chi connectivity index (χ1v) is 9.09. The Bertz CT molecular complexity index is 948. The molecule has 2 aromatic carbocycles. The van der Waals surface area contributed by atoms with Gasteiger partial charge in [0.15, 0.2) is 11.6 Å².